The van der Waals surface area contributed by atoms with Crippen LogP contribution in [0, 0.1) is 0 Å². The molecule has 0 saturated heterocycles. The molecule has 18 heavy (non-hydrogen) atoms. The summed E-state index contributed by atoms with van der Waals surface area (Å²) in [5.74, 6) is 0.647. The fourth-order valence-corrected chi connectivity index (χ4v) is 3.45. The normalized spacial score (nSPS) is 18.6. The standard InChI is InChI=1S/C12H19ClN4S/c1-18-12(5-3-2-4-6-12)8-16-10-9(14)7-15-11(13)17-10/h7H,2-6,8,14H2,1H3,(H,15,16,17). The van der Waals surface area contributed by atoms with Crippen LogP contribution in [0.2, 0.25) is 5.28 Å². The van der Waals surface area contributed by atoms with Gasteiger partial charge in [0.05, 0.1) is 11.9 Å². The van der Waals surface area contributed by atoms with Crippen molar-refractivity contribution in [3.63, 3.8) is 0 Å². The van der Waals surface area contributed by atoms with Crippen molar-refractivity contribution in [2.75, 3.05) is 23.9 Å². The lowest BCUT2D eigenvalue weighted by Crippen LogP contribution is -2.35. The Morgan fingerprint density at radius 2 is 2.17 bits per heavy atom. The number of nitrogens with two attached hydrogens (primary N) is 1. The predicted octanol–water partition coefficient (Wildman–Crippen LogP) is 3.19. The van der Waals surface area contributed by atoms with Crippen LogP contribution in [0.1, 0.15) is 32.1 Å². The molecule has 0 radical (unpaired) electrons. The zero-order valence-corrected chi connectivity index (χ0v) is 12.2. The zero-order valence-electron chi connectivity index (χ0n) is 10.6. The van der Waals surface area contributed by atoms with Crippen molar-refractivity contribution < 1.29 is 0 Å². The third-order valence-corrected chi connectivity index (χ3v) is 5.16. The molecule has 6 heteroatoms. The lowest BCUT2D eigenvalue weighted by atomic mass is 9.88. The van der Waals surface area contributed by atoms with Crippen LogP contribution in [0.4, 0.5) is 11.5 Å². The first-order valence-corrected chi connectivity index (χ1v) is 7.82. The van der Waals surface area contributed by atoms with Crippen molar-refractivity contribution in [2.45, 2.75) is 36.9 Å². The maximum Gasteiger partial charge on any atom is 0.224 e. The first-order chi connectivity index (χ1) is 8.65. The van der Waals surface area contributed by atoms with Crippen LogP contribution in [0.3, 0.4) is 0 Å². The average Bonchev–Trinajstić information content (AvgIpc) is 2.41. The predicted molar refractivity (Wildman–Crippen MR) is 79.3 cm³/mol. The van der Waals surface area contributed by atoms with Crippen molar-refractivity contribution in [3.8, 4) is 0 Å². The number of hydrogen-bond acceptors (Lipinski definition) is 5. The number of halogens is 1. The molecule has 1 aliphatic rings. The molecular weight excluding hydrogens is 268 g/mol. The highest BCUT2D eigenvalue weighted by molar-refractivity contribution is 8.00. The van der Waals surface area contributed by atoms with Crippen molar-refractivity contribution in [1.29, 1.82) is 0 Å². The summed E-state index contributed by atoms with van der Waals surface area (Å²) in [4.78, 5) is 7.99. The maximum absolute atomic E-state index is 5.84. The zero-order chi connectivity index (χ0) is 13.0. The average molecular weight is 287 g/mol. The van der Waals surface area contributed by atoms with Crippen LogP contribution in [0.5, 0.6) is 0 Å². The molecule has 0 aromatic carbocycles. The number of rotatable bonds is 4. The fraction of sp³-hybridized carbons (Fsp3) is 0.667. The minimum Gasteiger partial charge on any atom is -0.394 e. The molecule has 0 unspecified atom stereocenters. The van der Waals surface area contributed by atoms with Gasteiger partial charge < -0.3 is 11.1 Å². The van der Waals surface area contributed by atoms with E-state index in [1.807, 2.05) is 11.8 Å². The lowest BCUT2D eigenvalue weighted by Gasteiger charge is -2.36. The van der Waals surface area contributed by atoms with Gasteiger partial charge in [-0.05, 0) is 30.7 Å². The minimum absolute atomic E-state index is 0.230. The Balaban J connectivity index is 2.03. The van der Waals surface area contributed by atoms with Gasteiger partial charge in [0.1, 0.15) is 0 Å². The smallest absolute Gasteiger partial charge is 0.224 e. The molecule has 1 aliphatic carbocycles. The Bertz CT molecular complexity index is 407. The number of anilines is 2. The van der Waals surface area contributed by atoms with E-state index < -0.39 is 0 Å². The van der Waals surface area contributed by atoms with Gasteiger partial charge in [0.25, 0.3) is 0 Å². The van der Waals surface area contributed by atoms with Crippen LogP contribution < -0.4 is 11.1 Å². The molecule has 1 heterocycles. The second-order valence-corrected chi connectivity index (χ2v) is 6.36. The van der Waals surface area contributed by atoms with Crippen LogP contribution in [0.25, 0.3) is 0 Å². The SMILES string of the molecule is CSC1(CNc2nc(Cl)ncc2N)CCCCC1. The molecule has 2 rings (SSSR count). The third-order valence-electron chi connectivity index (χ3n) is 3.56. The summed E-state index contributed by atoms with van der Waals surface area (Å²) >= 11 is 7.73. The molecule has 0 bridgehead atoms. The number of nitrogen functional groups attached to an aromatic ring is 1. The molecule has 1 aromatic rings. The van der Waals surface area contributed by atoms with Gasteiger partial charge in [-0.15, -0.1) is 0 Å². The number of nitrogens with zero attached hydrogens (tertiary/aromatic N) is 2. The Morgan fingerprint density at radius 1 is 1.44 bits per heavy atom. The number of hydrogen-bond donors (Lipinski definition) is 2. The highest BCUT2D eigenvalue weighted by Crippen LogP contribution is 2.38. The van der Waals surface area contributed by atoms with Crippen molar-refractivity contribution in [2.24, 2.45) is 0 Å². The van der Waals surface area contributed by atoms with E-state index in [0.717, 1.165) is 6.54 Å². The lowest BCUT2D eigenvalue weighted by molar-refractivity contribution is 0.411. The van der Waals surface area contributed by atoms with Crippen molar-refractivity contribution in [3.05, 3.63) is 11.5 Å². The van der Waals surface area contributed by atoms with Crippen LogP contribution in [0.15, 0.2) is 6.20 Å². The highest BCUT2D eigenvalue weighted by Gasteiger charge is 2.31. The molecule has 1 aromatic heterocycles. The number of nitrogens with one attached hydrogen (secondary N) is 1. The first kappa shape index (κ1) is 13.7. The molecule has 0 amide bonds. The van der Waals surface area contributed by atoms with E-state index in [1.165, 1.54) is 32.1 Å². The molecule has 4 nitrogen and oxygen atoms in total. The van der Waals surface area contributed by atoms with Gasteiger partial charge in [0.15, 0.2) is 5.82 Å². The second kappa shape index (κ2) is 5.97. The summed E-state index contributed by atoms with van der Waals surface area (Å²) in [6.45, 7) is 0.881. The topological polar surface area (TPSA) is 63.8 Å². The minimum atomic E-state index is 0.230. The Hall–Kier alpha value is -0.680. The van der Waals surface area contributed by atoms with Gasteiger partial charge in [0.2, 0.25) is 5.28 Å². The van der Waals surface area contributed by atoms with E-state index in [-0.39, 0.29) is 5.28 Å². The Labute approximate surface area is 117 Å². The quantitative estimate of drug-likeness (QED) is 0.832. The Morgan fingerprint density at radius 3 is 2.83 bits per heavy atom. The van der Waals surface area contributed by atoms with Crippen LogP contribution in [-0.2, 0) is 0 Å². The fourth-order valence-electron chi connectivity index (χ4n) is 2.41. The van der Waals surface area contributed by atoms with E-state index in [1.54, 1.807) is 6.20 Å². The summed E-state index contributed by atoms with van der Waals surface area (Å²) in [5.41, 5.74) is 6.38. The van der Waals surface area contributed by atoms with Gasteiger partial charge in [0, 0.05) is 11.3 Å². The van der Waals surface area contributed by atoms with E-state index in [2.05, 4.69) is 21.5 Å². The molecule has 0 spiro atoms. The largest absolute Gasteiger partial charge is 0.394 e. The van der Waals surface area contributed by atoms with Gasteiger partial charge in [-0.3, -0.25) is 0 Å². The maximum atomic E-state index is 5.84. The van der Waals surface area contributed by atoms with Crippen molar-refractivity contribution in [1.82, 2.24) is 9.97 Å². The van der Waals surface area contributed by atoms with Crippen LogP contribution in [-0.4, -0.2) is 27.5 Å². The molecule has 3 N–H and O–H groups in total. The molecular formula is C12H19ClN4S. The number of aromatic nitrogens is 2. The van der Waals surface area contributed by atoms with E-state index in [4.69, 9.17) is 17.3 Å². The number of thioether (sulfide) groups is 1. The molecule has 1 saturated carbocycles. The summed E-state index contributed by atoms with van der Waals surface area (Å²) < 4.78 is 0.308. The molecule has 0 aliphatic heterocycles. The van der Waals surface area contributed by atoms with Gasteiger partial charge in [-0.2, -0.15) is 16.7 Å². The van der Waals surface area contributed by atoms with E-state index in [0.29, 0.717) is 16.3 Å². The van der Waals surface area contributed by atoms with Gasteiger partial charge >= 0.3 is 0 Å². The monoisotopic (exact) mass is 286 g/mol. The summed E-state index contributed by atoms with van der Waals surface area (Å²) in [6, 6.07) is 0. The van der Waals surface area contributed by atoms with Gasteiger partial charge in [-0.25, -0.2) is 4.98 Å². The summed E-state index contributed by atoms with van der Waals surface area (Å²) in [7, 11) is 0. The molecule has 1 fully saturated rings. The van der Waals surface area contributed by atoms with E-state index >= 15 is 0 Å². The van der Waals surface area contributed by atoms with Crippen molar-refractivity contribution >= 4 is 34.9 Å². The molecule has 0 atom stereocenters. The summed E-state index contributed by atoms with van der Waals surface area (Å²) in [5, 5.41) is 3.56. The third kappa shape index (κ3) is 3.20. The van der Waals surface area contributed by atoms with E-state index in [9.17, 15) is 0 Å². The second-order valence-electron chi connectivity index (χ2n) is 4.74. The van der Waals surface area contributed by atoms with Crippen LogP contribution >= 0.6 is 23.4 Å². The first-order valence-electron chi connectivity index (χ1n) is 6.22. The Kier molecular flexibility index (Phi) is 4.56. The summed E-state index contributed by atoms with van der Waals surface area (Å²) in [6.07, 6.45) is 10.2. The highest BCUT2D eigenvalue weighted by atomic mass is 35.5. The molecule has 100 valence electrons. The van der Waals surface area contributed by atoms with Gasteiger partial charge in [-0.1, -0.05) is 19.3 Å².